The molecule has 2 rings (SSSR count). The van der Waals surface area contributed by atoms with Gasteiger partial charge in [-0.25, -0.2) is 0 Å². The Morgan fingerprint density at radius 2 is 1.92 bits per heavy atom. The minimum atomic E-state index is -0.152. The van der Waals surface area contributed by atoms with Crippen LogP contribution in [0.5, 0.6) is 0 Å². The molecule has 0 aliphatic carbocycles. The first-order chi connectivity index (χ1) is 11.6. The van der Waals surface area contributed by atoms with Gasteiger partial charge in [-0.15, -0.1) is 0 Å². The van der Waals surface area contributed by atoms with Crippen molar-refractivity contribution < 1.29 is 9.59 Å². The highest BCUT2D eigenvalue weighted by Crippen LogP contribution is 2.13. The highest BCUT2D eigenvalue weighted by molar-refractivity contribution is 5.98. The Kier molecular flexibility index (Phi) is 7.18. The van der Waals surface area contributed by atoms with Gasteiger partial charge in [-0.1, -0.05) is 12.8 Å². The van der Waals surface area contributed by atoms with Crippen LogP contribution >= 0.6 is 0 Å². The number of carbonyl (C=O) groups is 2. The summed E-state index contributed by atoms with van der Waals surface area (Å²) in [6.45, 7) is 3.10. The standard InChI is InChI=1S/C18H28N4O2/c1-21(2)11-7-9-20-17(23)15-8-10-19-16(14-15)18(24)22-12-5-3-4-6-13-22/h8,10,14H,3-7,9,11-13H2,1-2H3,(H,20,23). The molecule has 1 saturated heterocycles. The largest absolute Gasteiger partial charge is 0.352 e. The number of likely N-dealkylation sites (tertiary alicyclic amines) is 1. The van der Waals surface area contributed by atoms with E-state index in [1.54, 1.807) is 18.3 Å². The lowest BCUT2D eigenvalue weighted by molar-refractivity contribution is 0.0755. The Balaban J connectivity index is 1.94. The molecule has 0 aromatic carbocycles. The molecule has 0 spiro atoms. The summed E-state index contributed by atoms with van der Waals surface area (Å²) in [5.41, 5.74) is 0.853. The molecule has 0 unspecified atom stereocenters. The van der Waals surface area contributed by atoms with E-state index in [1.807, 2.05) is 19.0 Å². The lowest BCUT2D eigenvalue weighted by atomic mass is 10.2. The number of rotatable bonds is 6. The lowest BCUT2D eigenvalue weighted by Crippen LogP contribution is -2.33. The van der Waals surface area contributed by atoms with E-state index in [9.17, 15) is 9.59 Å². The summed E-state index contributed by atoms with van der Waals surface area (Å²) in [7, 11) is 4.01. The number of carbonyl (C=O) groups excluding carboxylic acids is 2. The van der Waals surface area contributed by atoms with Gasteiger partial charge in [0.2, 0.25) is 0 Å². The zero-order chi connectivity index (χ0) is 17.4. The summed E-state index contributed by atoms with van der Waals surface area (Å²) in [6, 6.07) is 3.26. The fourth-order valence-corrected chi connectivity index (χ4v) is 2.82. The van der Waals surface area contributed by atoms with Crippen molar-refractivity contribution >= 4 is 11.8 Å². The summed E-state index contributed by atoms with van der Waals surface area (Å²) in [4.78, 5) is 32.9. The molecule has 1 aromatic heterocycles. The van der Waals surface area contributed by atoms with Gasteiger partial charge in [0.25, 0.3) is 11.8 Å². The Labute approximate surface area is 144 Å². The first-order valence-electron chi connectivity index (χ1n) is 8.76. The highest BCUT2D eigenvalue weighted by Gasteiger charge is 2.19. The van der Waals surface area contributed by atoms with Gasteiger partial charge in [-0.05, 0) is 52.0 Å². The van der Waals surface area contributed by atoms with Crippen molar-refractivity contribution in [1.82, 2.24) is 20.1 Å². The van der Waals surface area contributed by atoms with Crippen molar-refractivity contribution in [2.24, 2.45) is 0 Å². The quantitative estimate of drug-likeness (QED) is 0.807. The molecule has 1 N–H and O–H groups in total. The SMILES string of the molecule is CN(C)CCCNC(=O)c1ccnc(C(=O)N2CCCCCC2)c1. The summed E-state index contributed by atoms with van der Waals surface area (Å²) in [6.07, 6.45) is 6.86. The number of aromatic nitrogens is 1. The van der Waals surface area contributed by atoms with E-state index in [2.05, 4.69) is 15.2 Å². The number of nitrogens with zero attached hydrogens (tertiary/aromatic N) is 3. The maximum atomic E-state index is 12.6. The maximum Gasteiger partial charge on any atom is 0.272 e. The molecule has 6 heteroatoms. The van der Waals surface area contributed by atoms with Gasteiger partial charge in [-0.2, -0.15) is 0 Å². The molecule has 1 aromatic rings. The Hall–Kier alpha value is -1.95. The molecular weight excluding hydrogens is 304 g/mol. The number of pyridine rings is 1. The number of amides is 2. The molecule has 6 nitrogen and oxygen atoms in total. The molecule has 1 fully saturated rings. The first-order valence-corrected chi connectivity index (χ1v) is 8.76. The molecule has 0 radical (unpaired) electrons. The lowest BCUT2D eigenvalue weighted by Gasteiger charge is -2.19. The van der Waals surface area contributed by atoms with Crippen molar-refractivity contribution in [3.05, 3.63) is 29.6 Å². The van der Waals surface area contributed by atoms with Crippen molar-refractivity contribution in [3.63, 3.8) is 0 Å². The van der Waals surface area contributed by atoms with Gasteiger partial charge >= 0.3 is 0 Å². The van der Waals surface area contributed by atoms with Crippen LogP contribution in [0.3, 0.4) is 0 Å². The highest BCUT2D eigenvalue weighted by atomic mass is 16.2. The van der Waals surface area contributed by atoms with E-state index >= 15 is 0 Å². The third-order valence-corrected chi connectivity index (χ3v) is 4.20. The zero-order valence-corrected chi connectivity index (χ0v) is 14.8. The van der Waals surface area contributed by atoms with Crippen molar-refractivity contribution in [1.29, 1.82) is 0 Å². The molecular formula is C18H28N4O2. The van der Waals surface area contributed by atoms with Gasteiger partial charge in [0.1, 0.15) is 5.69 Å². The fraction of sp³-hybridized carbons (Fsp3) is 0.611. The van der Waals surface area contributed by atoms with Crippen LogP contribution in [0.25, 0.3) is 0 Å². The number of nitrogens with one attached hydrogen (secondary N) is 1. The van der Waals surface area contributed by atoms with E-state index in [1.165, 1.54) is 12.8 Å². The van der Waals surface area contributed by atoms with Gasteiger partial charge in [0, 0.05) is 31.4 Å². The number of hydrogen-bond acceptors (Lipinski definition) is 4. The summed E-state index contributed by atoms with van der Waals surface area (Å²) in [5, 5.41) is 2.89. The minimum Gasteiger partial charge on any atom is -0.352 e. The van der Waals surface area contributed by atoms with E-state index in [0.29, 0.717) is 17.8 Å². The average Bonchev–Trinajstić information content (AvgIpc) is 2.87. The van der Waals surface area contributed by atoms with Crippen LogP contribution in [0.1, 0.15) is 53.0 Å². The average molecular weight is 332 g/mol. The molecule has 2 amide bonds. The van der Waals surface area contributed by atoms with Crippen molar-refractivity contribution in [3.8, 4) is 0 Å². The van der Waals surface area contributed by atoms with E-state index in [4.69, 9.17) is 0 Å². The third-order valence-electron chi connectivity index (χ3n) is 4.20. The first kappa shape index (κ1) is 18.4. The van der Waals surface area contributed by atoms with Crippen LogP contribution in [-0.4, -0.2) is 66.9 Å². The van der Waals surface area contributed by atoms with Gasteiger partial charge in [0.15, 0.2) is 0 Å². The van der Waals surface area contributed by atoms with Gasteiger partial charge in [-0.3, -0.25) is 14.6 Å². The summed E-state index contributed by atoms with van der Waals surface area (Å²) >= 11 is 0. The smallest absolute Gasteiger partial charge is 0.272 e. The van der Waals surface area contributed by atoms with Gasteiger partial charge < -0.3 is 15.1 Å². The molecule has 1 aliphatic rings. The van der Waals surface area contributed by atoms with Crippen LogP contribution in [0, 0.1) is 0 Å². The monoisotopic (exact) mass is 332 g/mol. The Bertz CT molecular complexity index is 552. The van der Waals surface area contributed by atoms with Crippen LogP contribution in [0.2, 0.25) is 0 Å². The molecule has 132 valence electrons. The molecule has 2 heterocycles. The zero-order valence-electron chi connectivity index (χ0n) is 14.8. The minimum absolute atomic E-state index is 0.0702. The molecule has 1 aliphatic heterocycles. The third kappa shape index (κ3) is 5.60. The Morgan fingerprint density at radius 3 is 2.58 bits per heavy atom. The van der Waals surface area contributed by atoms with Crippen LogP contribution < -0.4 is 5.32 Å². The second-order valence-electron chi connectivity index (χ2n) is 6.55. The molecule has 0 bridgehead atoms. The second kappa shape index (κ2) is 9.37. The normalized spacial score (nSPS) is 15.2. The topological polar surface area (TPSA) is 65.5 Å². The van der Waals surface area contributed by atoms with E-state index < -0.39 is 0 Å². The number of hydrogen-bond donors (Lipinski definition) is 1. The summed E-state index contributed by atoms with van der Waals surface area (Å²) < 4.78 is 0. The predicted molar refractivity (Wildman–Crippen MR) is 94.1 cm³/mol. The van der Waals surface area contributed by atoms with Crippen LogP contribution in [-0.2, 0) is 0 Å². The fourth-order valence-electron chi connectivity index (χ4n) is 2.82. The van der Waals surface area contributed by atoms with Crippen molar-refractivity contribution in [2.45, 2.75) is 32.1 Å². The van der Waals surface area contributed by atoms with E-state index in [-0.39, 0.29) is 11.8 Å². The predicted octanol–water partition coefficient (Wildman–Crippen LogP) is 1.78. The molecule has 0 atom stereocenters. The summed E-state index contributed by atoms with van der Waals surface area (Å²) in [5.74, 6) is -0.222. The van der Waals surface area contributed by atoms with Crippen LogP contribution in [0.15, 0.2) is 18.3 Å². The molecule has 0 saturated carbocycles. The second-order valence-corrected chi connectivity index (χ2v) is 6.55. The van der Waals surface area contributed by atoms with Crippen LogP contribution in [0.4, 0.5) is 0 Å². The van der Waals surface area contributed by atoms with E-state index in [0.717, 1.165) is 38.9 Å². The molecule has 24 heavy (non-hydrogen) atoms. The van der Waals surface area contributed by atoms with Gasteiger partial charge in [0.05, 0.1) is 0 Å². The van der Waals surface area contributed by atoms with Crippen molar-refractivity contribution in [2.75, 3.05) is 40.3 Å². The Morgan fingerprint density at radius 1 is 1.21 bits per heavy atom. The maximum absolute atomic E-state index is 12.6.